The fraction of sp³-hybridized carbons (Fsp3) is 0.609. The summed E-state index contributed by atoms with van der Waals surface area (Å²) in [5.74, 6) is -0.786. The van der Waals surface area contributed by atoms with Gasteiger partial charge in [0.1, 0.15) is 12.2 Å². The van der Waals surface area contributed by atoms with Crippen molar-refractivity contribution < 1.29 is 14.0 Å². The molecular weight excluding hydrogens is 413 g/mol. The van der Waals surface area contributed by atoms with Crippen LogP contribution >= 0.6 is 0 Å². The lowest BCUT2D eigenvalue weighted by Gasteiger charge is -2.36. The van der Waals surface area contributed by atoms with Crippen LogP contribution in [0.5, 0.6) is 0 Å². The van der Waals surface area contributed by atoms with Crippen LogP contribution in [0.25, 0.3) is 11.0 Å². The number of amides is 2. The van der Waals surface area contributed by atoms with Gasteiger partial charge in [0.25, 0.3) is 0 Å². The first-order valence-electron chi connectivity index (χ1n) is 11.5. The van der Waals surface area contributed by atoms with Crippen LogP contribution in [0.2, 0.25) is 0 Å². The van der Waals surface area contributed by atoms with E-state index in [1.54, 1.807) is 20.2 Å². The number of para-hydroxylation sites is 1. The van der Waals surface area contributed by atoms with Gasteiger partial charge < -0.3 is 10.2 Å². The van der Waals surface area contributed by atoms with Crippen LogP contribution in [0.15, 0.2) is 23.0 Å². The molecule has 2 aliphatic heterocycles. The van der Waals surface area contributed by atoms with Gasteiger partial charge in [-0.1, -0.05) is 33.8 Å². The Morgan fingerprint density at radius 3 is 2.38 bits per heavy atom. The van der Waals surface area contributed by atoms with E-state index in [9.17, 15) is 18.8 Å². The normalized spacial score (nSPS) is 23.1. The average Bonchev–Trinajstić information content (AvgIpc) is 3.07. The molecule has 2 saturated heterocycles. The fourth-order valence-electron chi connectivity index (χ4n) is 4.35. The van der Waals surface area contributed by atoms with Crippen molar-refractivity contribution in [3.8, 4) is 0 Å². The van der Waals surface area contributed by atoms with Gasteiger partial charge in [-0.25, -0.2) is 9.18 Å². The second-order valence-corrected chi connectivity index (χ2v) is 7.47. The predicted octanol–water partition coefficient (Wildman–Crippen LogP) is 2.51. The van der Waals surface area contributed by atoms with Crippen LogP contribution in [0, 0.1) is 0 Å². The zero-order valence-corrected chi connectivity index (χ0v) is 19.9. The molecule has 0 radical (unpaired) electrons. The van der Waals surface area contributed by atoms with Crippen LogP contribution in [0.3, 0.4) is 0 Å². The van der Waals surface area contributed by atoms with Gasteiger partial charge >= 0.3 is 5.69 Å². The summed E-state index contributed by atoms with van der Waals surface area (Å²) in [4.78, 5) is 38.7. The van der Waals surface area contributed by atoms with Gasteiger partial charge in [0, 0.05) is 26.1 Å². The lowest BCUT2D eigenvalue weighted by molar-refractivity contribution is -0.135. The molecule has 8 nitrogen and oxygen atoms in total. The highest BCUT2D eigenvalue weighted by molar-refractivity contribution is 6.00. The van der Waals surface area contributed by atoms with Crippen LogP contribution in [0.4, 0.5) is 10.1 Å². The maximum Gasteiger partial charge on any atom is 0.329 e. The molecule has 9 heteroatoms. The molecule has 2 fully saturated rings. The molecule has 3 heterocycles. The Labute approximate surface area is 188 Å². The van der Waals surface area contributed by atoms with Gasteiger partial charge in [0.05, 0.1) is 23.3 Å². The Hall–Kier alpha value is -2.68. The molecule has 3 atom stereocenters. The molecule has 32 heavy (non-hydrogen) atoms. The molecule has 0 saturated carbocycles. The van der Waals surface area contributed by atoms with E-state index in [0.29, 0.717) is 24.0 Å². The van der Waals surface area contributed by atoms with Crippen molar-refractivity contribution >= 4 is 28.5 Å². The third-order valence-corrected chi connectivity index (χ3v) is 5.86. The third-order valence-electron chi connectivity index (χ3n) is 5.86. The van der Waals surface area contributed by atoms with E-state index in [1.165, 1.54) is 9.13 Å². The molecule has 0 bridgehead atoms. The van der Waals surface area contributed by atoms with Crippen molar-refractivity contribution in [2.24, 2.45) is 7.05 Å². The second kappa shape index (κ2) is 11.3. The topological polar surface area (TPSA) is 88.4 Å². The maximum absolute atomic E-state index is 14.5. The van der Waals surface area contributed by atoms with E-state index >= 15 is 0 Å². The van der Waals surface area contributed by atoms with Crippen molar-refractivity contribution in [2.75, 3.05) is 25.0 Å². The number of nitrogens with one attached hydrogen (secondary N) is 2. The highest BCUT2D eigenvalue weighted by Gasteiger charge is 2.33. The largest absolute Gasteiger partial charge is 0.367 e. The molecule has 178 valence electrons. The van der Waals surface area contributed by atoms with E-state index in [-0.39, 0.29) is 37.0 Å². The van der Waals surface area contributed by atoms with Crippen LogP contribution in [-0.2, 0) is 16.6 Å². The minimum absolute atomic E-state index is 0.174. The van der Waals surface area contributed by atoms with Crippen LogP contribution < -0.4 is 21.2 Å². The standard InChI is InChI=1S/C19H24FN5O3.2C2H6/c1-21-12-8-9-24(10-11(12)20)13-4-3-5-14-17(13)23(2)19(28)25(14)15-6-7-16(26)22-18(15)27;2*1-2/h3-5,11-12,15,21H,6-10H2,1-2H3,(H,22,26,27);2*1-2H3. The molecule has 2 amide bonds. The summed E-state index contributed by atoms with van der Waals surface area (Å²) >= 11 is 0. The fourth-order valence-corrected chi connectivity index (χ4v) is 4.35. The van der Waals surface area contributed by atoms with Gasteiger partial charge in [-0.2, -0.15) is 0 Å². The highest BCUT2D eigenvalue weighted by Crippen LogP contribution is 2.31. The number of hydrogen-bond donors (Lipinski definition) is 2. The Kier molecular flexibility index (Phi) is 9.00. The number of carbonyl (C=O) groups is 2. The van der Waals surface area contributed by atoms with Gasteiger partial charge in [-0.15, -0.1) is 0 Å². The molecular formula is C23H36FN5O3. The summed E-state index contributed by atoms with van der Waals surface area (Å²) in [6.07, 6.45) is 0.132. The van der Waals surface area contributed by atoms with E-state index in [2.05, 4.69) is 10.6 Å². The van der Waals surface area contributed by atoms with E-state index in [4.69, 9.17) is 0 Å². The number of carbonyl (C=O) groups excluding carboxylic acids is 2. The number of piperidine rings is 2. The number of rotatable bonds is 3. The first kappa shape index (κ1) is 25.6. The summed E-state index contributed by atoms with van der Waals surface area (Å²) in [7, 11) is 3.42. The molecule has 3 unspecified atom stereocenters. The zero-order valence-electron chi connectivity index (χ0n) is 19.9. The number of fused-ring (bicyclic) bond motifs is 1. The van der Waals surface area contributed by atoms with Gasteiger partial charge in [-0.05, 0) is 32.0 Å². The van der Waals surface area contributed by atoms with Crippen molar-refractivity contribution in [3.63, 3.8) is 0 Å². The first-order chi connectivity index (χ1) is 15.4. The monoisotopic (exact) mass is 449 g/mol. The molecule has 2 N–H and O–H groups in total. The number of imidazole rings is 1. The summed E-state index contributed by atoms with van der Waals surface area (Å²) in [5, 5.41) is 5.32. The quantitative estimate of drug-likeness (QED) is 0.703. The Balaban J connectivity index is 0.000000860. The van der Waals surface area contributed by atoms with Crippen molar-refractivity contribution in [2.45, 2.75) is 65.2 Å². The minimum Gasteiger partial charge on any atom is -0.367 e. The molecule has 1 aromatic heterocycles. The van der Waals surface area contributed by atoms with Gasteiger partial charge in [-0.3, -0.25) is 24.0 Å². The number of nitrogens with zero attached hydrogens (tertiary/aromatic N) is 3. The molecule has 2 aliphatic rings. The molecule has 1 aromatic carbocycles. The summed E-state index contributed by atoms with van der Waals surface area (Å²) in [6.45, 7) is 8.91. The van der Waals surface area contributed by atoms with Crippen LogP contribution in [-0.4, -0.2) is 53.3 Å². The molecule has 4 rings (SSSR count). The summed E-state index contributed by atoms with van der Waals surface area (Å²) < 4.78 is 17.4. The lowest BCUT2D eigenvalue weighted by Crippen LogP contribution is -2.50. The Morgan fingerprint density at radius 2 is 1.78 bits per heavy atom. The number of hydrogen-bond acceptors (Lipinski definition) is 5. The highest BCUT2D eigenvalue weighted by atomic mass is 19.1. The van der Waals surface area contributed by atoms with E-state index in [0.717, 1.165) is 5.69 Å². The first-order valence-corrected chi connectivity index (χ1v) is 11.5. The maximum atomic E-state index is 14.5. The number of aryl methyl sites for hydroxylation is 1. The smallest absolute Gasteiger partial charge is 0.329 e. The lowest BCUT2D eigenvalue weighted by atomic mass is 10.0. The molecule has 0 aliphatic carbocycles. The van der Waals surface area contributed by atoms with Gasteiger partial charge in [0.15, 0.2) is 0 Å². The number of anilines is 1. The third kappa shape index (κ3) is 4.72. The van der Waals surface area contributed by atoms with E-state index in [1.807, 2.05) is 44.7 Å². The summed E-state index contributed by atoms with van der Waals surface area (Å²) in [5.41, 5.74) is 1.75. The molecule has 0 spiro atoms. The number of alkyl halides is 1. The number of benzene rings is 1. The average molecular weight is 450 g/mol. The second-order valence-electron chi connectivity index (χ2n) is 7.47. The SMILES string of the molecule is CC.CC.CNC1CCN(c2cccc3c2n(C)c(=O)n3C2CCC(=O)NC2=O)CC1F. The Morgan fingerprint density at radius 1 is 1.09 bits per heavy atom. The zero-order chi connectivity index (χ0) is 24.0. The minimum atomic E-state index is -1.01. The summed E-state index contributed by atoms with van der Waals surface area (Å²) in [6, 6.07) is 4.58. The number of aromatic nitrogens is 2. The Bertz CT molecular complexity index is 999. The van der Waals surface area contributed by atoms with Crippen molar-refractivity contribution in [3.05, 3.63) is 28.7 Å². The predicted molar refractivity (Wildman–Crippen MR) is 126 cm³/mol. The van der Waals surface area contributed by atoms with E-state index < -0.39 is 18.1 Å². The van der Waals surface area contributed by atoms with Crippen LogP contribution in [0.1, 0.15) is 53.0 Å². The van der Waals surface area contributed by atoms with Crippen molar-refractivity contribution in [1.29, 1.82) is 0 Å². The number of imide groups is 1. The van der Waals surface area contributed by atoms with Gasteiger partial charge in [0.2, 0.25) is 11.8 Å². The molecule has 2 aromatic rings. The van der Waals surface area contributed by atoms with Crippen molar-refractivity contribution in [1.82, 2.24) is 19.8 Å². The number of halogens is 1.